The van der Waals surface area contributed by atoms with Gasteiger partial charge in [-0.1, -0.05) is 19.3 Å². The molecular formula is C16H25NO4. The minimum Gasteiger partial charge on any atom is -0.463 e. The van der Waals surface area contributed by atoms with E-state index in [4.69, 9.17) is 4.42 Å². The Kier molecular flexibility index (Phi) is 5.42. The molecule has 0 amide bonds. The van der Waals surface area contributed by atoms with Crippen molar-refractivity contribution in [1.82, 2.24) is 5.32 Å². The minimum absolute atomic E-state index is 0.00578. The van der Waals surface area contributed by atoms with E-state index >= 15 is 0 Å². The SMILES string of the molecule is COC(=O)c1ccc(C(C)NCC2(CO)CCCCC2)o1. The van der Waals surface area contributed by atoms with Gasteiger partial charge in [0.1, 0.15) is 5.76 Å². The van der Waals surface area contributed by atoms with Gasteiger partial charge in [0.05, 0.1) is 13.2 Å². The third kappa shape index (κ3) is 3.86. The van der Waals surface area contributed by atoms with E-state index in [0.717, 1.165) is 19.4 Å². The number of esters is 1. The number of methoxy groups -OCH3 is 1. The number of rotatable bonds is 6. The number of carbonyl (C=O) groups excluding carboxylic acids is 1. The summed E-state index contributed by atoms with van der Waals surface area (Å²) in [6.45, 7) is 2.98. The largest absolute Gasteiger partial charge is 0.463 e. The van der Waals surface area contributed by atoms with Crippen molar-refractivity contribution in [1.29, 1.82) is 0 Å². The van der Waals surface area contributed by atoms with E-state index in [0.29, 0.717) is 5.76 Å². The molecule has 1 fully saturated rings. The van der Waals surface area contributed by atoms with Crippen molar-refractivity contribution < 1.29 is 19.1 Å². The molecular weight excluding hydrogens is 270 g/mol. The number of furan rings is 1. The van der Waals surface area contributed by atoms with Gasteiger partial charge in [-0.3, -0.25) is 0 Å². The van der Waals surface area contributed by atoms with E-state index in [-0.39, 0.29) is 23.8 Å². The van der Waals surface area contributed by atoms with Crippen LogP contribution in [0.3, 0.4) is 0 Å². The molecule has 1 aliphatic rings. The second-order valence-electron chi connectivity index (χ2n) is 6.01. The van der Waals surface area contributed by atoms with Crippen LogP contribution in [0.2, 0.25) is 0 Å². The van der Waals surface area contributed by atoms with Crippen molar-refractivity contribution in [3.05, 3.63) is 23.7 Å². The van der Waals surface area contributed by atoms with Gasteiger partial charge in [-0.15, -0.1) is 0 Å². The van der Waals surface area contributed by atoms with Crippen molar-refractivity contribution in [2.24, 2.45) is 5.41 Å². The molecule has 2 rings (SSSR count). The van der Waals surface area contributed by atoms with Crippen LogP contribution in [0.15, 0.2) is 16.5 Å². The molecule has 1 unspecified atom stereocenters. The monoisotopic (exact) mass is 295 g/mol. The summed E-state index contributed by atoms with van der Waals surface area (Å²) in [6.07, 6.45) is 5.76. The second kappa shape index (κ2) is 7.09. The van der Waals surface area contributed by atoms with E-state index in [1.807, 2.05) is 6.92 Å². The second-order valence-corrected chi connectivity index (χ2v) is 6.01. The van der Waals surface area contributed by atoms with Crippen LogP contribution >= 0.6 is 0 Å². The Morgan fingerprint density at radius 1 is 1.43 bits per heavy atom. The number of aliphatic hydroxyl groups excluding tert-OH is 1. The fourth-order valence-electron chi connectivity index (χ4n) is 2.96. The highest BCUT2D eigenvalue weighted by Crippen LogP contribution is 2.35. The molecule has 118 valence electrons. The lowest BCUT2D eigenvalue weighted by Gasteiger charge is -2.36. The topological polar surface area (TPSA) is 71.7 Å². The fraction of sp³-hybridized carbons (Fsp3) is 0.688. The van der Waals surface area contributed by atoms with Crippen LogP contribution in [-0.2, 0) is 4.74 Å². The maximum Gasteiger partial charge on any atom is 0.373 e. The molecule has 5 nitrogen and oxygen atoms in total. The number of hydrogen-bond donors (Lipinski definition) is 2. The Bertz CT molecular complexity index is 463. The van der Waals surface area contributed by atoms with Gasteiger partial charge in [-0.2, -0.15) is 0 Å². The van der Waals surface area contributed by atoms with Crippen LogP contribution in [-0.4, -0.2) is 31.3 Å². The minimum atomic E-state index is -0.465. The number of nitrogens with one attached hydrogen (secondary N) is 1. The molecule has 0 aromatic carbocycles. The van der Waals surface area contributed by atoms with E-state index in [1.54, 1.807) is 12.1 Å². The Labute approximate surface area is 125 Å². The molecule has 5 heteroatoms. The van der Waals surface area contributed by atoms with Crippen LogP contribution in [0.1, 0.15) is 61.4 Å². The zero-order valence-corrected chi connectivity index (χ0v) is 12.9. The average Bonchev–Trinajstić information content (AvgIpc) is 3.03. The van der Waals surface area contributed by atoms with Crippen molar-refractivity contribution in [3.63, 3.8) is 0 Å². The maximum atomic E-state index is 11.4. The van der Waals surface area contributed by atoms with E-state index in [1.165, 1.54) is 26.4 Å². The highest BCUT2D eigenvalue weighted by Gasteiger charge is 2.31. The standard InChI is InChI=1S/C16H25NO4/c1-12(13-6-7-14(21-13)15(19)20-2)17-10-16(11-18)8-4-3-5-9-16/h6-7,12,17-18H,3-5,8-11H2,1-2H3. The summed E-state index contributed by atoms with van der Waals surface area (Å²) in [4.78, 5) is 11.4. The molecule has 1 aromatic rings. The first-order valence-electron chi connectivity index (χ1n) is 7.62. The zero-order valence-electron chi connectivity index (χ0n) is 12.9. The van der Waals surface area contributed by atoms with E-state index < -0.39 is 5.97 Å². The summed E-state index contributed by atoms with van der Waals surface area (Å²) in [6, 6.07) is 3.41. The lowest BCUT2D eigenvalue weighted by molar-refractivity contribution is 0.0561. The normalized spacial score (nSPS) is 19.2. The molecule has 21 heavy (non-hydrogen) atoms. The van der Waals surface area contributed by atoms with Gasteiger partial charge in [0.15, 0.2) is 0 Å². The summed E-state index contributed by atoms with van der Waals surface area (Å²) in [5, 5.41) is 13.1. The fourth-order valence-corrected chi connectivity index (χ4v) is 2.96. The van der Waals surface area contributed by atoms with Gasteiger partial charge in [0.25, 0.3) is 0 Å². The van der Waals surface area contributed by atoms with Crippen LogP contribution < -0.4 is 5.32 Å². The third-order valence-corrected chi connectivity index (χ3v) is 4.47. The van der Waals surface area contributed by atoms with Crippen molar-refractivity contribution in [3.8, 4) is 0 Å². The highest BCUT2D eigenvalue weighted by atomic mass is 16.5. The smallest absolute Gasteiger partial charge is 0.373 e. The molecule has 0 aliphatic heterocycles. The van der Waals surface area contributed by atoms with Crippen molar-refractivity contribution in [2.45, 2.75) is 45.1 Å². The molecule has 1 aliphatic carbocycles. The van der Waals surface area contributed by atoms with Crippen LogP contribution in [0.5, 0.6) is 0 Å². The van der Waals surface area contributed by atoms with Gasteiger partial charge in [-0.05, 0) is 31.9 Å². The molecule has 1 saturated carbocycles. The molecule has 0 radical (unpaired) electrons. The van der Waals surface area contributed by atoms with Gasteiger partial charge in [-0.25, -0.2) is 4.79 Å². The molecule has 1 atom stereocenters. The Morgan fingerprint density at radius 2 is 2.14 bits per heavy atom. The van der Waals surface area contributed by atoms with Gasteiger partial charge >= 0.3 is 5.97 Å². The Balaban J connectivity index is 1.93. The maximum absolute atomic E-state index is 11.4. The van der Waals surface area contributed by atoms with Crippen molar-refractivity contribution in [2.75, 3.05) is 20.3 Å². The van der Waals surface area contributed by atoms with Gasteiger partial charge in [0.2, 0.25) is 5.76 Å². The predicted octanol–water partition coefficient (Wildman–Crippen LogP) is 2.66. The summed E-state index contributed by atoms with van der Waals surface area (Å²) in [5.74, 6) is 0.461. The molecule has 1 aromatic heterocycles. The first-order chi connectivity index (χ1) is 10.1. The number of hydrogen-bond acceptors (Lipinski definition) is 5. The van der Waals surface area contributed by atoms with E-state index in [9.17, 15) is 9.90 Å². The Morgan fingerprint density at radius 3 is 2.76 bits per heavy atom. The average molecular weight is 295 g/mol. The molecule has 0 saturated heterocycles. The van der Waals surface area contributed by atoms with Crippen LogP contribution in [0.25, 0.3) is 0 Å². The summed E-state index contributed by atoms with van der Waals surface area (Å²) in [7, 11) is 1.33. The van der Waals surface area contributed by atoms with Gasteiger partial charge < -0.3 is 19.6 Å². The van der Waals surface area contributed by atoms with E-state index in [2.05, 4.69) is 10.1 Å². The molecule has 0 bridgehead atoms. The third-order valence-electron chi connectivity index (χ3n) is 4.47. The number of ether oxygens (including phenoxy) is 1. The van der Waals surface area contributed by atoms with Crippen LogP contribution in [0, 0.1) is 5.41 Å². The van der Waals surface area contributed by atoms with Gasteiger partial charge in [0, 0.05) is 18.6 Å². The number of aliphatic hydroxyl groups is 1. The first-order valence-corrected chi connectivity index (χ1v) is 7.62. The summed E-state index contributed by atoms with van der Waals surface area (Å²) in [5.41, 5.74) is -0.00964. The van der Waals surface area contributed by atoms with Crippen LogP contribution in [0.4, 0.5) is 0 Å². The molecule has 1 heterocycles. The lowest BCUT2D eigenvalue weighted by Crippen LogP contribution is -2.39. The summed E-state index contributed by atoms with van der Waals surface area (Å²) < 4.78 is 10.1. The van der Waals surface area contributed by atoms with Crippen molar-refractivity contribution >= 4 is 5.97 Å². The zero-order chi connectivity index (χ0) is 15.3. The lowest BCUT2D eigenvalue weighted by atomic mass is 9.74. The highest BCUT2D eigenvalue weighted by molar-refractivity contribution is 5.86. The first kappa shape index (κ1) is 16.0. The predicted molar refractivity (Wildman–Crippen MR) is 79.1 cm³/mol. The molecule has 0 spiro atoms. The number of carbonyl (C=O) groups is 1. The molecule has 2 N–H and O–H groups in total. The Hall–Kier alpha value is -1.33. The summed E-state index contributed by atoms with van der Waals surface area (Å²) >= 11 is 0. The quantitative estimate of drug-likeness (QED) is 0.789.